The van der Waals surface area contributed by atoms with E-state index in [0.717, 1.165) is 17.9 Å². The maximum atomic E-state index is 6.09. The zero-order valence-electron chi connectivity index (χ0n) is 11.1. The third-order valence-electron chi connectivity index (χ3n) is 2.60. The van der Waals surface area contributed by atoms with Crippen LogP contribution in [0.3, 0.4) is 0 Å². The van der Waals surface area contributed by atoms with Gasteiger partial charge in [-0.1, -0.05) is 11.6 Å². The number of halogens is 1. The second-order valence-electron chi connectivity index (χ2n) is 4.29. The number of ether oxygens (including phenoxy) is 1. The molecule has 0 atom stereocenters. The van der Waals surface area contributed by atoms with Crippen LogP contribution >= 0.6 is 11.6 Å². The lowest BCUT2D eigenvalue weighted by molar-refractivity contribution is 0.203. The van der Waals surface area contributed by atoms with E-state index in [-0.39, 0.29) is 0 Å². The van der Waals surface area contributed by atoms with Crippen molar-refractivity contribution in [3.63, 3.8) is 0 Å². The number of anilines is 1. The predicted molar refractivity (Wildman–Crippen MR) is 70.9 cm³/mol. The van der Waals surface area contributed by atoms with Crippen molar-refractivity contribution in [3.8, 4) is 0 Å². The SMILES string of the molecule is COCCN(c1nc(C)nc(Cl)c1C)C(C)C. The number of hydrogen-bond acceptors (Lipinski definition) is 4. The first kappa shape index (κ1) is 14.2. The van der Waals surface area contributed by atoms with Crippen LogP contribution in [0.4, 0.5) is 5.82 Å². The lowest BCUT2D eigenvalue weighted by atomic mass is 10.2. The van der Waals surface area contributed by atoms with Gasteiger partial charge in [-0.05, 0) is 27.7 Å². The van der Waals surface area contributed by atoms with Gasteiger partial charge in [0.05, 0.1) is 6.61 Å². The summed E-state index contributed by atoms with van der Waals surface area (Å²) < 4.78 is 5.13. The fourth-order valence-electron chi connectivity index (χ4n) is 1.66. The smallest absolute Gasteiger partial charge is 0.137 e. The number of nitrogens with zero attached hydrogens (tertiary/aromatic N) is 3. The highest BCUT2D eigenvalue weighted by molar-refractivity contribution is 6.30. The van der Waals surface area contributed by atoms with Crippen molar-refractivity contribution in [2.75, 3.05) is 25.2 Å². The zero-order valence-corrected chi connectivity index (χ0v) is 11.9. The van der Waals surface area contributed by atoms with E-state index in [4.69, 9.17) is 16.3 Å². The highest BCUT2D eigenvalue weighted by atomic mass is 35.5. The molecule has 4 nitrogen and oxygen atoms in total. The second kappa shape index (κ2) is 6.17. The first-order valence-electron chi connectivity index (χ1n) is 5.73. The van der Waals surface area contributed by atoms with E-state index < -0.39 is 0 Å². The van der Waals surface area contributed by atoms with Gasteiger partial charge >= 0.3 is 0 Å². The van der Waals surface area contributed by atoms with E-state index in [1.54, 1.807) is 7.11 Å². The molecule has 0 aliphatic rings. The molecule has 0 unspecified atom stereocenters. The minimum atomic E-state index is 0.342. The van der Waals surface area contributed by atoms with Crippen molar-refractivity contribution < 1.29 is 4.74 Å². The summed E-state index contributed by atoms with van der Waals surface area (Å²) in [7, 11) is 1.70. The standard InChI is InChI=1S/C12H20ClN3O/c1-8(2)16(6-7-17-5)12-9(3)11(13)14-10(4)15-12/h8H,6-7H2,1-5H3. The third kappa shape index (κ3) is 3.54. The van der Waals surface area contributed by atoms with Gasteiger partial charge < -0.3 is 9.64 Å². The Morgan fingerprint density at radius 2 is 1.94 bits per heavy atom. The summed E-state index contributed by atoms with van der Waals surface area (Å²) in [6.07, 6.45) is 0. The molecule has 0 aromatic carbocycles. The van der Waals surface area contributed by atoms with Gasteiger partial charge in [-0.15, -0.1) is 0 Å². The summed E-state index contributed by atoms with van der Waals surface area (Å²) in [6, 6.07) is 0.342. The highest BCUT2D eigenvalue weighted by Gasteiger charge is 2.17. The Morgan fingerprint density at radius 1 is 1.29 bits per heavy atom. The van der Waals surface area contributed by atoms with Crippen LogP contribution in [0.15, 0.2) is 0 Å². The van der Waals surface area contributed by atoms with E-state index in [1.807, 2.05) is 13.8 Å². The van der Waals surface area contributed by atoms with Gasteiger partial charge in [0.2, 0.25) is 0 Å². The number of rotatable bonds is 5. The van der Waals surface area contributed by atoms with Crippen LogP contribution in [0.5, 0.6) is 0 Å². The Balaban J connectivity index is 3.09. The molecule has 0 spiro atoms. The van der Waals surface area contributed by atoms with Gasteiger partial charge in [-0.2, -0.15) is 0 Å². The lowest BCUT2D eigenvalue weighted by Crippen LogP contribution is -2.35. The molecule has 0 N–H and O–H groups in total. The fraction of sp³-hybridized carbons (Fsp3) is 0.667. The van der Waals surface area contributed by atoms with Crippen molar-refractivity contribution in [2.45, 2.75) is 33.7 Å². The van der Waals surface area contributed by atoms with E-state index in [0.29, 0.717) is 23.6 Å². The molecule has 0 bridgehead atoms. The van der Waals surface area contributed by atoms with Gasteiger partial charge in [0.1, 0.15) is 16.8 Å². The van der Waals surface area contributed by atoms with Crippen molar-refractivity contribution in [1.82, 2.24) is 9.97 Å². The molecule has 0 radical (unpaired) electrons. The monoisotopic (exact) mass is 257 g/mol. The molecule has 0 amide bonds. The molecule has 1 heterocycles. The predicted octanol–water partition coefficient (Wildman–Crippen LogP) is 2.61. The van der Waals surface area contributed by atoms with Crippen molar-refractivity contribution in [1.29, 1.82) is 0 Å². The Labute approximate surface area is 108 Å². The molecule has 0 saturated heterocycles. The van der Waals surface area contributed by atoms with Crippen molar-refractivity contribution >= 4 is 17.4 Å². The summed E-state index contributed by atoms with van der Waals surface area (Å²) in [5.74, 6) is 1.59. The summed E-state index contributed by atoms with van der Waals surface area (Å²) in [4.78, 5) is 10.8. The Bertz CT molecular complexity index is 382. The first-order chi connectivity index (χ1) is 7.97. The lowest BCUT2D eigenvalue weighted by Gasteiger charge is -2.29. The molecule has 5 heteroatoms. The van der Waals surface area contributed by atoms with Crippen LogP contribution in [-0.4, -0.2) is 36.3 Å². The first-order valence-corrected chi connectivity index (χ1v) is 6.11. The van der Waals surface area contributed by atoms with E-state index >= 15 is 0 Å². The Hall–Kier alpha value is -0.870. The molecule has 1 aromatic heterocycles. The van der Waals surface area contributed by atoms with Gasteiger partial charge in [0.25, 0.3) is 0 Å². The fourth-order valence-corrected chi connectivity index (χ4v) is 1.87. The molecule has 1 rings (SSSR count). The van der Waals surface area contributed by atoms with Crippen LogP contribution in [0.2, 0.25) is 5.15 Å². The minimum absolute atomic E-state index is 0.342. The summed E-state index contributed by atoms with van der Waals surface area (Å²) in [5.41, 5.74) is 0.919. The number of aromatic nitrogens is 2. The van der Waals surface area contributed by atoms with Gasteiger partial charge in [-0.25, -0.2) is 9.97 Å². The normalized spacial score (nSPS) is 11.0. The molecule has 0 fully saturated rings. The van der Waals surface area contributed by atoms with Crippen LogP contribution in [0.1, 0.15) is 25.2 Å². The van der Waals surface area contributed by atoms with Crippen molar-refractivity contribution in [3.05, 3.63) is 16.5 Å². The van der Waals surface area contributed by atoms with E-state index in [9.17, 15) is 0 Å². The minimum Gasteiger partial charge on any atom is -0.383 e. The van der Waals surface area contributed by atoms with Crippen LogP contribution in [-0.2, 0) is 4.74 Å². The maximum Gasteiger partial charge on any atom is 0.137 e. The second-order valence-corrected chi connectivity index (χ2v) is 4.65. The van der Waals surface area contributed by atoms with Crippen LogP contribution < -0.4 is 4.90 Å². The third-order valence-corrected chi connectivity index (χ3v) is 2.97. The summed E-state index contributed by atoms with van der Waals surface area (Å²) in [5, 5.41) is 0.524. The largest absolute Gasteiger partial charge is 0.383 e. The highest BCUT2D eigenvalue weighted by Crippen LogP contribution is 2.24. The maximum absolute atomic E-state index is 6.09. The number of hydrogen-bond donors (Lipinski definition) is 0. The average Bonchev–Trinajstić information content (AvgIpc) is 2.24. The molecule has 17 heavy (non-hydrogen) atoms. The van der Waals surface area contributed by atoms with Gasteiger partial charge in [0.15, 0.2) is 0 Å². The average molecular weight is 258 g/mol. The van der Waals surface area contributed by atoms with E-state index in [1.165, 1.54) is 0 Å². The zero-order chi connectivity index (χ0) is 13.0. The number of methoxy groups -OCH3 is 1. The quantitative estimate of drug-likeness (QED) is 0.760. The number of aryl methyl sites for hydroxylation is 1. The Morgan fingerprint density at radius 3 is 2.47 bits per heavy atom. The molecule has 96 valence electrons. The van der Waals surface area contributed by atoms with Crippen LogP contribution in [0.25, 0.3) is 0 Å². The van der Waals surface area contributed by atoms with E-state index in [2.05, 4.69) is 28.7 Å². The molecule has 0 aliphatic carbocycles. The molecular weight excluding hydrogens is 238 g/mol. The van der Waals surface area contributed by atoms with Crippen LogP contribution in [0, 0.1) is 13.8 Å². The summed E-state index contributed by atoms with van der Waals surface area (Å²) >= 11 is 6.09. The van der Waals surface area contributed by atoms with Gasteiger partial charge in [0, 0.05) is 25.3 Å². The molecule has 1 aromatic rings. The molecular formula is C12H20ClN3O. The van der Waals surface area contributed by atoms with Crippen molar-refractivity contribution in [2.24, 2.45) is 0 Å². The molecule has 0 saturated carbocycles. The molecule has 0 aliphatic heterocycles. The Kier molecular flexibility index (Phi) is 5.15. The summed E-state index contributed by atoms with van der Waals surface area (Å²) in [6.45, 7) is 9.50. The van der Waals surface area contributed by atoms with Gasteiger partial charge in [-0.3, -0.25) is 0 Å². The topological polar surface area (TPSA) is 38.2 Å².